The maximum absolute atomic E-state index is 13.1. The van der Waals surface area contributed by atoms with Crippen LogP contribution in [0, 0.1) is 0 Å². The van der Waals surface area contributed by atoms with Crippen LogP contribution in [0.1, 0.15) is 6.42 Å². The Morgan fingerprint density at radius 3 is 2.29 bits per heavy atom. The highest BCUT2D eigenvalue weighted by Crippen LogP contribution is 2.26. The van der Waals surface area contributed by atoms with Crippen LogP contribution in [0.2, 0.25) is 10.0 Å². The summed E-state index contributed by atoms with van der Waals surface area (Å²) in [5.74, 6) is 0.649. The van der Waals surface area contributed by atoms with Crippen LogP contribution in [-0.2, 0) is 10.0 Å². The van der Waals surface area contributed by atoms with Crippen molar-refractivity contribution >= 4 is 66.6 Å². The highest BCUT2D eigenvalue weighted by molar-refractivity contribution is 9.10. The van der Waals surface area contributed by atoms with E-state index in [0.717, 1.165) is 4.47 Å². The Kier molecular flexibility index (Phi) is 9.21. The number of urea groups is 1. The normalized spacial score (nSPS) is 11.2. The highest BCUT2D eigenvalue weighted by Gasteiger charge is 2.18. The van der Waals surface area contributed by atoms with Crippen LogP contribution in [0.3, 0.4) is 0 Å². The van der Waals surface area contributed by atoms with Gasteiger partial charge in [-0.15, -0.1) is 0 Å². The van der Waals surface area contributed by atoms with Crippen LogP contribution in [0.4, 0.5) is 16.2 Å². The van der Waals surface area contributed by atoms with Crippen LogP contribution in [0.25, 0.3) is 0 Å². The summed E-state index contributed by atoms with van der Waals surface area (Å²) in [6, 6.07) is 17.7. The highest BCUT2D eigenvalue weighted by atomic mass is 79.9. The Morgan fingerprint density at radius 1 is 1.00 bits per heavy atom. The molecule has 0 unspecified atom stereocenters. The minimum atomic E-state index is -3.66. The van der Waals surface area contributed by atoms with Gasteiger partial charge in [-0.05, 0) is 73.2 Å². The largest absolute Gasteiger partial charge is 0.497 e. The molecule has 0 aliphatic heterocycles. The zero-order valence-electron chi connectivity index (χ0n) is 18.1. The third kappa shape index (κ3) is 7.10. The average molecular weight is 587 g/mol. The molecule has 0 aliphatic carbocycles. The number of carbonyl (C=O) groups excluding carboxylic acids is 1. The third-order valence-corrected chi connectivity index (χ3v) is 7.52. The number of halogens is 3. The Bertz CT molecular complexity index is 1240. The van der Waals surface area contributed by atoms with Crippen molar-refractivity contribution < 1.29 is 17.9 Å². The Morgan fingerprint density at radius 2 is 1.68 bits per heavy atom. The van der Waals surface area contributed by atoms with Crippen molar-refractivity contribution in [2.24, 2.45) is 0 Å². The second-order valence-corrected chi connectivity index (χ2v) is 10.6. The maximum Gasteiger partial charge on any atom is 0.326 e. The number of carbonyl (C=O) groups is 1. The number of nitrogens with one attached hydrogen (secondary N) is 2. The second kappa shape index (κ2) is 11.9. The first-order valence-electron chi connectivity index (χ1n) is 10.1. The van der Waals surface area contributed by atoms with Gasteiger partial charge in [0.1, 0.15) is 5.75 Å². The number of rotatable bonds is 9. The number of methoxy groups -OCH3 is 1. The Labute approximate surface area is 217 Å². The molecule has 3 aromatic rings. The molecule has 0 aromatic heterocycles. The molecule has 0 radical (unpaired) electrons. The predicted molar refractivity (Wildman–Crippen MR) is 140 cm³/mol. The summed E-state index contributed by atoms with van der Waals surface area (Å²) in [6.07, 6.45) is 0.372. The molecule has 2 amide bonds. The first-order valence-corrected chi connectivity index (χ1v) is 13.2. The average Bonchev–Trinajstić information content (AvgIpc) is 2.82. The third-order valence-electron chi connectivity index (χ3n) is 4.77. The summed E-state index contributed by atoms with van der Waals surface area (Å²) >= 11 is 15.3. The minimum Gasteiger partial charge on any atom is -0.497 e. The summed E-state index contributed by atoms with van der Waals surface area (Å²) in [5.41, 5.74) is 1.10. The van der Waals surface area contributed by atoms with Crippen molar-refractivity contribution in [3.8, 4) is 5.75 Å². The number of hydrogen-bond acceptors (Lipinski definition) is 4. The van der Waals surface area contributed by atoms with E-state index >= 15 is 0 Å². The van der Waals surface area contributed by atoms with Gasteiger partial charge in [-0.3, -0.25) is 4.90 Å². The monoisotopic (exact) mass is 585 g/mol. The zero-order chi connectivity index (χ0) is 24.7. The van der Waals surface area contributed by atoms with Crippen molar-refractivity contribution in [2.45, 2.75) is 11.3 Å². The van der Waals surface area contributed by atoms with Crippen LogP contribution in [0.15, 0.2) is 76.1 Å². The van der Waals surface area contributed by atoms with Crippen molar-refractivity contribution in [1.29, 1.82) is 0 Å². The van der Waals surface area contributed by atoms with Crippen LogP contribution in [-0.4, -0.2) is 34.6 Å². The number of nitrogens with zero attached hydrogens (tertiary/aromatic N) is 1. The molecule has 0 saturated heterocycles. The van der Waals surface area contributed by atoms with E-state index in [4.69, 9.17) is 27.9 Å². The summed E-state index contributed by atoms with van der Waals surface area (Å²) in [5, 5.41) is 3.49. The van der Waals surface area contributed by atoms with E-state index < -0.39 is 16.1 Å². The van der Waals surface area contributed by atoms with Gasteiger partial charge in [-0.1, -0.05) is 39.1 Å². The number of anilines is 2. The van der Waals surface area contributed by atoms with Crippen molar-refractivity contribution in [2.75, 3.05) is 30.4 Å². The first kappa shape index (κ1) is 26.3. The lowest BCUT2D eigenvalue weighted by atomic mass is 10.2. The number of sulfonamides is 1. The maximum atomic E-state index is 13.1. The predicted octanol–water partition coefficient (Wildman–Crippen LogP) is 6.17. The van der Waals surface area contributed by atoms with Gasteiger partial charge >= 0.3 is 6.03 Å². The molecular formula is C23H22BrCl2N3O4S. The number of hydrogen-bond donors (Lipinski definition) is 2. The number of ether oxygens (including phenoxy) is 1. The van der Waals surface area contributed by atoms with Crippen molar-refractivity contribution in [1.82, 2.24) is 4.72 Å². The van der Waals surface area contributed by atoms with Crippen LogP contribution >= 0.6 is 39.1 Å². The van der Waals surface area contributed by atoms with Gasteiger partial charge in [0.25, 0.3) is 0 Å². The molecule has 0 atom stereocenters. The van der Waals surface area contributed by atoms with E-state index in [-0.39, 0.29) is 18.0 Å². The van der Waals surface area contributed by atoms with Gasteiger partial charge in [0.15, 0.2) is 0 Å². The van der Waals surface area contributed by atoms with E-state index in [1.165, 1.54) is 17.0 Å². The topological polar surface area (TPSA) is 87.7 Å². The fraction of sp³-hybridized carbons (Fsp3) is 0.174. The summed E-state index contributed by atoms with van der Waals surface area (Å²) in [4.78, 5) is 14.7. The smallest absolute Gasteiger partial charge is 0.326 e. The zero-order valence-corrected chi connectivity index (χ0v) is 22.0. The van der Waals surface area contributed by atoms with E-state index in [0.29, 0.717) is 33.6 Å². The molecule has 3 aromatic carbocycles. The molecule has 34 heavy (non-hydrogen) atoms. The molecule has 3 rings (SSSR count). The summed E-state index contributed by atoms with van der Waals surface area (Å²) in [7, 11) is -2.10. The van der Waals surface area contributed by atoms with Gasteiger partial charge < -0.3 is 10.1 Å². The van der Waals surface area contributed by atoms with Crippen LogP contribution in [0.5, 0.6) is 5.75 Å². The Balaban J connectivity index is 1.69. The molecule has 180 valence electrons. The summed E-state index contributed by atoms with van der Waals surface area (Å²) < 4.78 is 33.6. The van der Waals surface area contributed by atoms with E-state index in [1.54, 1.807) is 61.7 Å². The molecule has 0 bridgehead atoms. The quantitative estimate of drug-likeness (QED) is 0.293. The van der Waals surface area contributed by atoms with E-state index in [9.17, 15) is 13.2 Å². The molecule has 11 heteroatoms. The molecule has 0 heterocycles. The van der Waals surface area contributed by atoms with E-state index in [1.807, 2.05) is 0 Å². The minimum absolute atomic E-state index is 0.144. The van der Waals surface area contributed by atoms with Gasteiger partial charge in [0, 0.05) is 28.9 Å². The van der Waals surface area contributed by atoms with Crippen molar-refractivity contribution in [3.05, 3.63) is 81.2 Å². The number of benzene rings is 3. The lowest BCUT2D eigenvalue weighted by molar-refractivity contribution is 0.257. The lowest BCUT2D eigenvalue weighted by Crippen LogP contribution is -2.37. The first-order chi connectivity index (χ1) is 16.2. The fourth-order valence-electron chi connectivity index (χ4n) is 3.02. The van der Waals surface area contributed by atoms with Gasteiger partial charge in [0.05, 0.1) is 22.1 Å². The SMILES string of the molecule is COc1ccc(N(CCCNS(=O)(=O)c2ccc(Br)cc2)C(=O)Nc2ccc(Cl)c(Cl)c2)cc1. The van der Waals surface area contributed by atoms with Gasteiger partial charge in [-0.25, -0.2) is 17.9 Å². The lowest BCUT2D eigenvalue weighted by Gasteiger charge is -2.24. The van der Waals surface area contributed by atoms with Gasteiger partial charge in [0.2, 0.25) is 10.0 Å². The standard InChI is InChI=1S/C23H22BrCl2N3O4S/c1-33-19-8-6-18(7-9-19)29(23(30)28-17-5-12-21(25)22(26)15-17)14-2-13-27-34(31,32)20-10-3-16(24)4-11-20/h3-12,15,27H,2,13-14H2,1H3,(H,28,30). The molecular weight excluding hydrogens is 565 g/mol. The van der Waals surface area contributed by atoms with Crippen molar-refractivity contribution in [3.63, 3.8) is 0 Å². The molecule has 0 spiro atoms. The fourth-order valence-corrected chi connectivity index (χ4v) is 4.65. The molecule has 0 aliphatic rings. The molecule has 0 fully saturated rings. The second-order valence-electron chi connectivity index (χ2n) is 7.11. The van der Waals surface area contributed by atoms with E-state index in [2.05, 4.69) is 26.0 Å². The molecule has 0 saturated carbocycles. The summed E-state index contributed by atoms with van der Waals surface area (Å²) in [6.45, 7) is 0.396. The van der Waals surface area contributed by atoms with Crippen LogP contribution < -0.4 is 19.7 Å². The van der Waals surface area contributed by atoms with Gasteiger partial charge in [-0.2, -0.15) is 0 Å². The molecule has 7 nitrogen and oxygen atoms in total. The Hall–Kier alpha value is -2.30. The molecule has 2 N–H and O–H groups in total. The number of amides is 2.